The van der Waals surface area contributed by atoms with E-state index in [-0.39, 0.29) is 11.9 Å². The number of ether oxygens (including phenoxy) is 1. The Morgan fingerprint density at radius 2 is 1.38 bits per heavy atom. The molecular formula is C31H29NO2. The first-order chi connectivity index (χ1) is 16.5. The van der Waals surface area contributed by atoms with Crippen LogP contribution in [0.2, 0.25) is 0 Å². The summed E-state index contributed by atoms with van der Waals surface area (Å²) in [6.45, 7) is 8.38. The molecule has 1 atom stereocenters. The van der Waals surface area contributed by atoms with Gasteiger partial charge in [-0.05, 0) is 71.5 Å². The van der Waals surface area contributed by atoms with E-state index in [9.17, 15) is 4.79 Å². The zero-order valence-corrected chi connectivity index (χ0v) is 20.1. The fraction of sp³-hybridized carbons (Fsp3) is 0.194. The number of fused-ring (bicyclic) bond motifs is 2. The van der Waals surface area contributed by atoms with Crippen LogP contribution in [-0.2, 0) is 9.53 Å². The summed E-state index contributed by atoms with van der Waals surface area (Å²) in [7, 11) is 0. The maximum atomic E-state index is 13.1. The van der Waals surface area contributed by atoms with Crippen molar-refractivity contribution in [2.45, 2.75) is 33.6 Å². The van der Waals surface area contributed by atoms with Crippen LogP contribution in [0.15, 0.2) is 95.8 Å². The predicted molar refractivity (Wildman–Crippen MR) is 141 cm³/mol. The summed E-state index contributed by atoms with van der Waals surface area (Å²) in [5.41, 5.74) is 7.28. The van der Waals surface area contributed by atoms with Gasteiger partial charge in [0.25, 0.3) is 0 Å². The first-order valence-corrected chi connectivity index (χ1v) is 11.8. The van der Waals surface area contributed by atoms with Gasteiger partial charge in [0.15, 0.2) is 0 Å². The van der Waals surface area contributed by atoms with Crippen molar-refractivity contribution >= 4 is 27.5 Å². The summed E-state index contributed by atoms with van der Waals surface area (Å²) >= 11 is 0. The summed E-state index contributed by atoms with van der Waals surface area (Å²) in [4.78, 5) is 13.1. The van der Waals surface area contributed by atoms with E-state index in [1.54, 1.807) is 0 Å². The Morgan fingerprint density at radius 1 is 0.824 bits per heavy atom. The number of aryl methyl sites for hydroxylation is 1. The number of hydrogen-bond acceptors (Lipinski definition) is 3. The van der Waals surface area contributed by atoms with E-state index in [1.165, 1.54) is 32.7 Å². The van der Waals surface area contributed by atoms with Gasteiger partial charge < -0.3 is 10.1 Å². The molecule has 0 amide bonds. The first kappa shape index (κ1) is 22.0. The van der Waals surface area contributed by atoms with E-state index >= 15 is 0 Å². The van der Waals surface area contributed by atoms with Crippen LogP contribution in [0, 0.1) is 6.92 Å². The zero-order chi connectivity index (χ0) is 23.8. The molecule has 3 heteroatoms. The summed E-state index contributed by atoms with van der Waals surface area (Å²) in [5, 5.41) is 8.28. The van der Waals surface area contributed by atoms with Crippen molar-refractivity contribution in [2.24, 2.45) is 0 Å². The molecule has 4 aromatic carbocycles. The predicted octanol–water partition coefficient (Wildman–Crippen LogP) is 7.40. The van der Waals surface area contributed by atoms with E-state index in [4.69, 9.17) is 4.74 Å². The van der Waals surface area contributed by atoms with Crippen LogP contribution in [0.3, 0.4) is 0 Å². The largest absolute Gasteiger partial charge is 0.463 e. The van der Waals surface area contributed by atoms with Crippen LogP contribution < -0.4 is 5.32 Å². The molecule has 1 aliphatic heterocycles. The highest BCUT2D eigenvalue weighted by Crippen LogP contribution is 2.44. The molecule has 0 unspecified atom stereocenters. The highest BCUT2D eigenvalue weighted by Gasteiger charge is 2.30. The van der Waals surface area contributed by atoms with Crippen molar-refractivity contribution in [3.63, 3.8) is 0 Å². The van der Waals surface area contributed by atoms with Gasteiger partial charge in [-0.1, -0.05) is 78.9 Å². The first-order valence-electron chi connectivity index (χ1n) is 11.8. The number of hydrogen-bond donors (Lipinski definition) is 1. The topological polar surface area (TPSA) is 38.3 Å². The molecule has 0 spiro atoms. The number of allylic oxidation sites excluding steroid dienone is 3. The van der Waals surface area contributed by atoms with Gasteiger partial charge in [-0.2, -0.15) is 0 Å². The minimum absolute atomic E-state index is 0.199. The molecule has 0 aromatic heterocycles. The SMILES string of the molecule is CCOC(=O)C1=C(C)NC(C)=C[C@H]1c1ccccc1-c1c2ccccc2c(C)c2ccccc12. The second-order valence-electron chi connectivity index (χ2n) is 8.89. The number of dihydropyridines is 1. The quantitative estimate of drug-likeness (QED) is 0.262. The number of nitrogens with one attached hydrogen (secondary N) is 1. The molecule has 0 saturated carbocycles. The van der Waals surface area contributed by atoms with Crippen LogP contribution in [0.5, 0.6) is 0 Å². The lowest BCUT2D eigenvalue weighted by atomic mass is 9.80. The van der Waals surface area contributed by atoms with Crippen molar-refractivity contribution < 1.29 is 9.53 Å². The number of esters is 1. The second-order valence-corrected chi connectivity index (χ2v) is 8.89. The summed E-state index contributed by atoms with van der Waals surface area (Å²) in [6.07, 6.45) is 2.14. The summed E-state index contributed by atoms with van der Waals surface area (Å²) < 4.78 is 5.47. The molecule has 170 valence electrons. The third-order valence-electron chi connectivity index (χ3n) is 6.78. The monoisotopic (exact) mass is 447 g/mol. The third-order valence-corrected chi connectivity index (χ3v) is 6.78. The standard InChI is InChI=1S/C31H29NO2/c1-5-34-31(33)29-21(4)32-19(2)18-28(29)24-14-8-11-17-27(24)30-25-15-9-6-12-22(25)20(3)23-13-7-10-16-26(23)30/h6-18,28,32H,5H2,1-4H3/t28-/m0/s1. The Balaban J connectivity index is 1.84. The molecule has 0 radical (unpaired) electrons. The maximum Gasteiger partial charge on any atom is 0.336 e. The molecule has 0 saturated heterocycles. The molecule has 0 fully saturated rings. The Morgan fingerprint density at radius 3 is 2.00 bits per heavy atom. The number of carbonyl (C=O) groups excluding carboxylic acids is 1. The minimum atomic E-state index is -0.269. The lowest BCUT2D eigenvalue weighted by Gasteiger charge is -2.28. The summed E-state index contributed by atoms with van der Waals surface area (Å²) in [5.74, 6) is -0.468. The highest BCUT2D eigenvalue weighted by molar-refractivity contribution is 6.15. The van der Waals surface area contributed by atoms with Gasteiger partial charge in [0.1, 0.15) is 0 Å². The smallest absolute Gasteiger partial charge is 0.336 e. The van der Waals surface area contributed by atoms with Crippen LogP contribution in [0.1, 0.15) is 37.8 Å². The number of carbonyl (C=O) groups is 1. The molecule has 34 heavy (non-hydrogen) atoms. The fourth-order valence-corrected chi connectivity index (χ4v) is 5.34. The van der Waals surface area contributed by atoms with Crippen molar-refractivity contribution in [2.75, 3.05) is 6.61 Å². The maximum absolute atomic E-state index is 13.1. The van der Waals surface area contributed by atoms with Gasteiger partial charge in [-0.15, -0.1) is 0 Å². The van der Waals surface area contributed by atoms with Gasteiger partial charge in [0, 0.05) is 17.3 Å². The average molecular weight is 448 g/mol. The molecule has 1 N–H and O–H groups in total. The van der Waals surface area contributed by atoms with Crippen molar-refractivity contribution in [3.05, 3.63) is 107 Å². The van der Waals surface area contributed by atoms with Crippen LogP contribution in [0.4, 0.5) is 0 Å². The van der Waals surface area contributed by atoms with Gasteiger partial charge in [0.05, 0.1) is 12.2 Å². The molecule has 0 aliphatic carbocycles. The van der Waals surface area contributed by atoms with Crippen LogP contribution >= 0.6 is 0 Å². The van der Waals surface area contributed by atoms with E-state index in [2.05, 4.69) is 91.1 Å². The lowest BCUT2D eigenvalue weighted by molar-refractivity contribution is -0.138. The van der Waals surface area contributed by atoms with Gasteiger partial charge in [0.2, 0.25) is 0 Å². The van der Waals surface area contributed by atoms with Crippen molar-refractivity contribution in [3.8, 4) is 11.1 Å². The molecule has 3 nitrogen and oxygen atoms in total. The van der Waals surface area contributed by atoms with Crippen LogP contribution in [-0.4, -0.2) is 12.6 Å². The minimum Gasteiger partial charge on any atom is -0.463 e. The Bertz CT molecular complexity index is 1440. The molecule has 4 aromatic rings. The van der Waals surface area contributed by atoms with Gasteiger partial charge in [-0.3, -0.25) is 0 Å². The van der Waals surface area contributed by atoms with Gasteiger partial charge >= 0.3 is 5.97 Å². The lowest BCUT2D eigenvalue weighted by Crippen LogP contribution is -2.26. The summed E-state index contributed by atoms with van der Waals surface area (Å²) in [6, 6.07) is 25.7. The second kappa shape index (κ2) is 8.83. The molecule has 1 aliphatic rings. The molecule has 0 bridgehead atoms. The molecule has 5 rings (SSSR count). The van der Waals surface area contributed by atoms with Crippen molar-refractivity contribution in [1.29, 1.82) is 0 Å². The Labute approximate surface area is 200 Å². The molecule has 1 heterocycles. The average Bonchev–Trinajstić information content (AvgIpc) is 2.84. The third kappa shape index (κ3) is 3.58. The highest BCUT2D eigenvalue weighted by atomic mass is 16.5. The van der Waals surface area contributed by atoms with Crippen LogP contribution in [0.25, 0.3) is 32.7 Å². The fourth-order valence-electron chi connectivity index (χ4n) is 5.34. The van der Waals surface area contributed by atoms with Gasteiger partial charge in [-0.25, -0.2) is 4.79 Å². The zero-order valence-electron chi connectivity index (χ0n) is 20.1. The van der Waals surface area contributed by atoms with Crippen molar-refractivity contribution in [1.82, 2.24) is 5.32 Å². The number of rotatable bonds is 4. The Hall–Kier alpha value is -3.85. The van der Waals surface area contributed by atoms with E-state index in [0.29, 0.717) is 12.2 Å². The Kier molecular flexibility index (Phi) is 5.70. The van der Waals surface area contributed by atoms with E-state index in [1.807, 2.05) is 20.8 Å². The normalized spacial score (nSPS) is 15.9. The molecular weight excluding hydrogens is 418 g/mol. The van der Waals surface area contributed by atoms with E-state index in [0.717, 1.165) is 22.5 Å². The number of benzene rings is 4. The van der Waals surface area contributed by atoms with E-state index < -0.39 is 0 Å².